The molecule has 0 aromatic carbocycles. The fourth-order valence-electron chi connectivity index (χ4n) is 0.808. The summed E-state index contributed by atoms with van der Waals surface area (Å²) in [5.74, 6) is -1.24. The molecule has 0 spiro atoms. The van der Waals surface area contributed by atoms with Crippen LogP contribution in [0.1, 0.15) is 0 Å². The third-order valence-corrected chi connectivity index (χ3v) is 1.45. The Kier molecular flexibility index (Phi) is 5.20. The van der Waals surface area contributed by atoms with Crippen LogP contribution in [0.3, 0.4) is 0 Å². The molecule has 6 nitrogen and oxygen atoms in total. The van der Waals surface area contributed by atoms with Gasteiger partial charge in [-0.25, -0.2) is 0 Å². The van der Waals surface area contributed by atoms with Crippen LogP contribution in [0.4, 0.5) is 0 Å². The van der Waals surface area contributed by atoms with E-state index in [1.807, 2.05) is 0 Å². The lowest BCUT2D eigenvalue weighted by Crippen LogP contribution is -2.44. The molecule has 6 heteroatoms. The fourth-order valence-corrected chi connectivity index (χ4v) is 0.808. The number of rotatable bonds is 5. The molecule has 0 heterocycles. The second-order valence-corrected chi connectivity index (χ2v) is 2.26. The lowest BCUT2D eigenvalue weighted by Gasteiger charge is -2.21. The number of aliphatic hydroxyl groups excluding tert-OH is 1. The van der Waals surface area contributed by atoms with E-state index in [0.29, 0.717) is 0 Å². The molecule has 0 saturated heterocycles. The van der Waals surface area contributed by atoms with Gasteiger partial charge in [0.1, 0.15) is 6.04 Å². The Hall–Kier alpha value is -1.63. The first kappa shape index (κ1) is 11.4. The zero-order valence-corrected chi connectivity index (χ0v) is 6.84. The quantitative estimate of drug-likeness (QED) is 0.517. The van der Waals surface area contributed by atoms with Crippen LogP contribution in [-0.4, -0.2) is 46.8 Å². The average Bonchev–Trinajstić information content (AvgIpc) is 2.05. The molecule has 2 N–H and O–H groups in total. The van der Waals surface area contributed by atoms with Gasteiger partial charge < -0.3 is 10.2 Å². The average molecular weight is 183 g/mol. The third kappa shape index (κ3) is 3.52. The Labute approximate surface area is 75.2 Å². The highest BCUT2D eigenvalue weighted by atomic mass is 16.4. The lowest BCUT2D eigenvalue weighted by atomic mass is 10.2. The summed E-state index contributed by atoms with van der Waals surface area (Å²) in [6.07, 6.45) is 0. The molecule has 1 atom stereocenters. The summed E-state index contributed by atoms with van der Waals surface area (Å²) in [7, 11) is 0. The van der Waals surface area contributed by atoms with Crippen molar-refractivity contribution in [2.45, 2.75) is 6.04 Å². The van der Waals surface area contributed by atoms with Gasteiger partial charge >= 0.3 is 5.97 Å². The fraction of sp³-hybridized carbons (Fsp3) is 0.571. The van der Waals surface area contributed by atoms with Crippen molar-refractivity contribution in [2.75, 3.05) is 19.7 Å². The maximum absolute atomic E-state index is 10.5. The van der Waals surface area contributed by atoms with Crippen LogP contribution in [0, 0.1) is 22.7 Å². The van der Waals surface area contributed by atoms with Crippen molar-refractivity contribution in [1.82, 2.24) is 4.90 Å². The number of carboxylic acids is 1. The number of aliphatic hydroxyl groups is 1. The SMILES string of the molecule is N#CCN(CC#N)[C@@H](CO)C(=O)O. The van der Waals surface area contributed by atoms with Crippen LogP contribution < -0.4 is 0 Å². The summed E-state index contributed by atoms with van der Waals surface area (Å²) in [5.41, 5.74) is 0. The number of nitrogens with zero attached hydrogens (tertiary/aromatic N) is 3. The first-order valence-electron chi connectivity index (χ1n) is 3.49. The zero-order valence-electron chi connectivity index (χ0n) is 6.84. The molecule has 0 rings (SSSR count). The Bertz CT molecular complexity index is 237. The standard InChI is InChI=1S/C7H9N3O3/c8-1-3-10(4-2-9)6(5-11)7(12)13/h6,11H,3-5H2,(H,12,13)/t6-/m0/s1. The van der Waals surface area contributed by atoms with Gasteiger partial charge in [-0.05, 0) is 0 Å². The summed E-state index contributed by atoms with van der Waals surface area (Å²) < 4.78 is 0. The summed E-state index contributed by atoms with van der Waals surface area (Å²) in [4.78, 5) is 11.6. The van der Waals surface area contributed by atoms with Gasteiger partial charge in [-0.1, -0.05) is 0 Å². The predicted molar refractivity (Wildman–Crippen MR) is 41.3 cm³/mol. The summed E-state index contributed by atoms with van der Waals surface area (Å²) in [6.45, 7) is -0.991. The number of nitriles is 2. The molecule has 13 heavy (non-hydrogen) atoms. The Morgan fingerprint density at radius 1 is 1.38 bits per heavy atom. The monoisotopic (exact) mass is 183 g/mol. The Morgan fingerprint density at radius 2 is 1.85 bits per heavy atom. The molecular weight excluding hydrogens is 174 g/mol. The molecule has 0 aromatic rings. The maximum Gasteiger partial charge on any atom is 0.323 e. The van der Waals surface area contributed by atoms with E-state index in [0.717, 1.165) is 4.90 Å². The van der Waals surface area contributed by atoms with Gasteiger partial charge in [0.05, 0.1) is 31.8 Å². The molecule has 70 valence electrons. The molecule has 0 radical (unpaired) electrons. The van der Waals surface area contributed by atoms with Crippen molar-refractivity contribution < 1.29 is 15.0 Å². The summed E-state index contributed by atoms with van der Waals surface area (Å²) in [6, 6.07) is 2.26. The summed E-state index contributed by atoms with van der Waals surface area (Å²) in [5, 5.41) is 33.9. The van der Waals surface area contributed by atoms with Gasteiger partial charge in [-0.15, -0.1) is 0 Å². The normalized spacial score (nSPS) is 11.7. The van der Waals surface area contributed by atoms with E-state index >= 15 is 0 Å². The van der Waals surface area contributed by atoms with Crippen LogP contribution in [-0.2, 0) is 4.79 Å². The highest BCUT2D eigenvalue weighted by molar-refractivity contribution is 5.73. The van der Waals surface area contributed by atoms with Crippen molar-refractivity contribution in [3.63, 3.8) is 0 Å². The summed E-state index contributed by atoms with van der Waals surface area (Å²) >= 11 is 0. The van der Waals surface area contributed by atoms with E-state index < -0.39 is 18.6 Å². The molecule has 0 aliphatic rings. The van der Waals surface area contributed by atoms with Crippen molar-refractivity contribution in [1.29, 1.82) is 10.5 Å². The topological polar surface area (TPSA) is 108 Å². The molecular formula is C7H9N3O3. The molecule has 0 bridgehead atoms. The minimum Gasteiger partial charge on any atom is -0.480 e. The highest BCUT2D eigenvalue weighted by Gasteiger charge is 2.23. The van der Waals surface area contributed by atoms with E-state index in [1.165, 1.54) is 0 Å². The number of hydrogen-bond acceptors (Lipinski definition) is 5. The largest absolute Gasteiger partial charge is 0.480 e. The Balaban J connectivity index is 4.41. The maximum atomic E-state index is 10.5. The first-order chi connectivity index (χ1) is 6.17. The molecule has 0 saturated carbocycles. The van der Waals surface area contributed by atoms with Crippen molar-refractivity contribution in [3.05, 3.63) is 0 Å². The van der Waals surface area contributed by atoms with Gasteiger partial charge in [-0.3, -0.25) is 9.69 Å². The van der Waals surface area contributed by atoms with Crippen LogP contribution in [0.5, 0.6) is 0 Å². The molecule has 0 amide bonds. The molecule has 0 aromatic heterocycles. The van der Waals surface area contributed by atoms with Crippen LogP contribution in [0.2, 0.25) is 0 Å². The lowest BCUT2D eigenvalue weighted by molar-refractivity contribution is -0.144. The molecule has 0 aliphatic heterocycles. The second kappa shape index (κ2) is 5.95. The van der Waals surface area contributed by atoms with Gasteiger partial charge in [0.2, 0.25) is 0 Å². The van der Waals surface area contributed by atoms with Gasteiger partial charge in [0, 0.05) is 0 Å². The van der Waals surface area contributed by atoms with E-state index in [2.05, 4.69) is 0 Å². The van der Waals surface area contributed by atoms with E-state index in [-0.39, 0.29) is 13.1 Å². The van der Waals surface area contributed by atoms with Crippen molar-refractivity contribution in [3.8, 4) is 12.1 Å². The molecule has 0 fully saturated rings. The predicted octanol–water partition coefficient (Wildman–Crippen LogP) is -1.22. The number of carbonyl (C=O) groups is 1. The number of hydrogen-bond donors (Lipinski definition) is 2. The van der Waals surface area contributed by atoms with Crippen molar-refractivity contribution >= 4 is 5.97 Å². The van der Waals surface area contributed by atoms with E-state index in [1.54, 1.807) is 12.1 Å². The van der Waals surface area contributed by atoms with Crippen LogP contribution in [0.15, 0.2) is 0 Å². The third-order valence-electron chi connectivity index (χ3n) is 1.45. The molecule has 0 aliphatic carbocycles. The number of carboxylic acid groups (broad SMARTS) is 1. The van der Waals surface area contributed by atoms with E-state index in [9.17, 15) is 4.79 Å². The zero-order chi connectivity index (χ0) is 10.3. The van der Waals surface area contributed by atoms with Gasteiger partial charge in [0.15, 0.2) is 0 Å². The molecule has 0 unspecified atom stereocenters. The Morgan fingerprint density at radius 3 is 2.08 bits per heavy atom. The minimum absolute atomic E-state index is 0.189. The van der Waals surface area contributed by atoms with Gasteiger partial charge in [-0.2, -0.15) is 10.5 Å². The minimum atomic E-state index is -1.24. The number of aliphatic carboxylic acids is 1. The van der Waals surface area contributed by atoms with Crippen LogP contribution >= 0.6 is 0 Å². The highest BCUT2D eigenvalue weighted by Crippen LogP contribution is 1.97. The van der Waals surface area contributed by atoms with Crippen molar-refractivity contribution in [2.24, 2.45) is 0 Å². The van der Waals surface area contributed by atoms with E-state index in [4.69, 9.17) is 20.7 Å². The smallest absolute Gasteiger partial charge is 0.323 e. The first-order valence-corrected chi connectivity index (χ1v) is 3.49. The van der Waals surface area contributed by atoms with Gasteiger partial charge in [0.25, 0.3) is 0 Å². The second-order valence-electron chi connectivity index (χ2n) is 2.26. The van der Waals surface area contributed by atoms with Crippen LogP contribution in [0.25, 0.3) is 0 Å².